The van der Waals surface area contributed by atoms with Gasteiger partial charge in [-0.1, -0.05) is 35.1 Å². The highest BCUT2D eigenvalue weighted by Crippen LogP contribution is 2.32. The van der Waals surface area contributed by atoms with Crippen LogP contribution >= 0.6 is 22.6 Å². The van der Waals surface area contributed by atoms with Crippen LogP contribution < -0.4 is 10.6 Å². The maximum Gasteiger partial charge on any atom is 0.264 e. The van der Waals surface area contributed by atoms with Gasteiger partial charge in [-0.15, -0.1) is 0 Å². The van der Waals surface area contributed by atoms with E-state index < -0.39 is 29.7 Å². The molecule has 9 heteroatoms. The number of amides is 5. The summed E-state index contributed by atoms with van der Waals surface area (Å²) in [6.45, 7) is 0. The highest BCUT2D eigenvalue weighted by Gasteiger charge is 2.45. The summed E-state index contributed by atoms with van der Waals surface area (Å²) >= 11 is 2.29. The number of fused-ring (bicyclic) bond motifs is 1. The molecule has 8 nitrogen and oxygen atoms in total. The molecule has 1 aromatic rings. The van der Waals surface area contributed by atoms with Gasteiger partial charge in [0.1, 0.15) is 6.04 Å². The molecule has 0 bridgehead atoms. The number of piperidine rings is 1. The van der Waals surface area contributed by atoms with Gasteiger partial charge in [-0.25, -0.2) is 0 Å². The van der Waals surface area contributed by atoms with Gasteiger partial charge < -0.3 is 5.32 Å². The lowest BCUT2D eigenvalue weighted by molar-refractivity contribution is -0.136. The number of imide groups is 2. The maximum absolute atomic E-state index is 12.9. The van der Waals surface area contributed by atoms with Gasteiger partial charge >= 0.3 is 0 Å². The van der Waals surface area contributed by atoms with E-state index in [-0.39, 0.29) is 35.6 Å². The SMILES string of the molecule is O=C1CCC(N2C(=O)c3cccc(NC(=O)CCCCCI)c3C2=O)C(=O)N1. The zero-order valence-electron chi connectivity index (χ0n) is 15.1. The van der Waals surface area contributed by atoms with Gasteiger partial charge in [0.25, 0.3) is 11.8 Å². The lowest BCUT2D eigenvalue weighted by Crippen LogP contribution is -2.54. The van der Waals surface area contributed by atoms with Crippen molar-refractivity contribution in [2.75, 3.05) is 9.74 Å². The summed E-state index contributed by atoms with van der Waals surface area (Å²) in [5, 5.41) is 4.88. The molecule has 0 spiro atoms. The van der Waals surface area contributed by atoms with Gasteiger partial charge in [-0.2, -0.15) is 0 Å². The third-order valence-electron chi connectivity index (χ3n) is 4.78. The van der Waals surface area contributed by atoms with Crippen LogP contribution in [0.15, 0.2) is 18.2 Å². The number of carbonyl (C=O) groups excluding carboxylic acids is 5. The monoisotopic (exact) mass is 497 g/mol. The summed E-state index contributed by atoms with van der Waals surface area (Å²) in [7, 11) is 0. The zero-order chi connectivity index (χ0) is 20.3. The van der Waals surface area contributed by atoms with Crippen molar-refractivity contribution in [1.29, 1.82) is 0 Å². The van der Waals surface area contributed by atoms with Crippen LogP contribution in [0.1, 0.15) is 59.2 Å². The molecule has 5 amide bonds. The zero-order valence-corrected chi connectivity index (χ0v) is 17.3. The van der Waals surface area contributed by atoms with E-state index in [1.54, 1.807) is 12.1 Å². The summed E-state index contributed by atoms with van der Waals surface area (Å²) < 4.78 is 1.04. The summed E-state index contributed by atoms with van der Waals surface area (Å²) in [6.07, 6.45) is 3.23. The van der Waals surface area contributed by atoms with Gasteiger partial charge in [0.05, 0.1) is 16.8 Å². The predicted molar refractivity (Wildman–Crippen MR) is 109 cm³/mol. The van der Waals surface area contributed by atoms with E-state index in [1.165, 1.54) is 6.07 Å². The van der Waals surface area contributed by atoms with Crippen molar-refractivity contribution in [3.8, 4) is 0 Å². The minimum atomic E-state index is -1.03. The molecular formula is C19H20IN3O5. The van der Waals surface area contributed by atoms with Crippen molar-refractivity contribution in [3.63, 3.8) is 0 Å². The number of hydrogen-bond acceptors (Lipinski definition) is 5. The first-order valence-electron chi connectivity index (χ1n) is 9.14. The molecular weight excluding hydrogens is 477 g/mol. The number of nitrogens with one attached hydrogen (secondary N) is 2. The fourth-order valence-corrected chi connectivity index (χ4v) is 3.93. The Bertz CT molecular complexity index is 854. The van der Waals surface area contributed by atoms with Gasteiger partial charge in [-0.3, -0.25) is 34.2 Å². The summed E-state index contributed by atoms with van der Waals surface area (Å²) in [4.78, 5) is 62.2. The Hall–Kier alpha value is -2.30. The number of anilines is 1. The van der Waals surface area contributed by atoms with Crippen LogP contribution in [-0.4, -0.2) is 44.9 Å². The molecule has 2 aliphatic rings. The number of nitrogens with zero attached hydrogens (tertiary/aromatic N) is 1. The van der Waals surface area contributed by atoms with E-state index in [4.69, 9.17) is 0 Å². The molecule has 2 aliphatic heterocycles. The van der Waals surface area contributed by atoms with Crippen molar-refractivity contribution in [2.24, 2.45) is 0 Å². The summed E-state index contributed by atoms with van der Waals surface area (Å²) in [5.41, 5.74) is 0.514. The Morgan fingerprint density at radius 3 is 2.64 bits per heavy atom. The van der Waals surface area contributed by atoms with E-state index >= 15 is 0 Å². The molecule has 2 N–H and O–H groups in total. The Labute approximate surface area is 175 Å². The van der Waals surface area contributed by atoms with Crippen molar-refractivity contribution in [3.05, 3.63) is 29.3 Å². The van der Waals surface area contributed by atoms with Gasteiger partial charge in [0, 0.05) is 12.8 Å². The number of benzene rings is 1. The molecule has 2 heterocycles. The lowest BCUT2D eigenvalue weighted by Gasteiger charge is -2.27. The number of unbranched alkanes of at least 4 members (excludes halogenated alkanes) is 2. The van der Waals surface area contributed by atoms with Crippen LogP contribution in [0.4, 0.5) is 5.69 Å². The van der Waals surface area contributed by atoms with Crippen LogP contribution in [0.2, 0.25) is 0 Å². The second-order valence-corrected chi connectivity index (χ2v) is 7.80. The normalized spacial score (nSPS) is 18.9. The third-order valence-corrected chi connectivity index (χ3v) is 5.54. The first kappa shape index (κ1) is 20.4. The summed E-state index contributed by atoms with van der Waals surface area (Å²) in [6, 6.07) is 3.63. The van der Waals surface area contributed by atoms with Gasteiger partial charge in [0.2, 0.25) is 17.7 Å². The predicted octanol–water partition coefficient (Wildman–Crippen LogP) is 2.02. The Morgan fingerprint density at radius 2 is 1.93 bits per heavy atom. The third kappa shape index (κ3) is 4.08. The number of alkyl halides is 1. The molecule has 1 atom stereocenters. The van der Waals surface area contributed by atoms with Crippen molar-refractivity contribution >= 4 is 57.8 Å². The molecule has 148 valence electrons. The minimum Gasteiger partial charge on any atom is -0.325 e. The first-order valence-corrected chi connectivity index (χ1v) is 10.7. The second-order valence-electron chi connectivity index (χ2n) is 6.72. The Morgan fingerprint density at radius 1 is 1.14 bits per heavy atom. The van der Waals surface area contributed by atoms with Crippen molar-refractivity contribution < 1.29 is 24.0 Å². The molecule has 0 aromatic heterocycles. The largest absolute Gasteiger partial charge is 0.325 e. The molecule has 3 rings (SSSR count). The number of halogens is 1. The number of rotatable bonds is 7. The number of carbonyl (C=O) groups is 5. The van der Waals surface area contributed by atoms with Crippen LogP contribution in [0.5, 0.6) is 0 Å². The molecule has 1 saturated heterocycles. The highest BCUT2D eigenvalue weighted by atomic mass is 127. The van der Waals surface area contributed by atoms with Crippen molar-refractivity contribution in [1.82, 2.24) is 10.2 Å². The highest BCUT2D eigenvalue weighted by molar-refractivity contribution is 14.1. The fourth-order valence-electron chi connectivity index (χ4n) is 3.39. The van der Waals surface area contributed by atoms with Gasteiger partial charge in [0.15, 0.2) is 0 Å². The molecule has 28 heavy (non-hydrogen) atoms. The minimum absolute atomic E-state index is 0.0601. The van der Waals surface area contributed by atoms with E-state index in [9.17, 15) is 24.0 Å². The average Bonchev–Trinajstić information content (AvgIpc) is 2.91. The topological polar surface area (TPSA) is 113 Å². The standard InChI is InChI=1S/C19H20IN3O5/c20-10-3-1-2-7-14(24)21-12-6-4-5-11-16(12)19(28)23(18(11)27)13-8-9-15(25)22-17(13)26/h4-6,13H,1-3,7-10H2,(H,21,24)(H,22,25,26). The second kappa shape index (κ2) is 8.80. The quantitative estimate of drug-likeness (QED) is 0.259. The van der Waals surface area contributed by atoms with E-state index in [0.29, 0.717) is 6.42 Å². The summed E-state index contributed by atoms with van der Waals surface area (Å²) in [5.74, 6) is -2.52. The molecule has 0 aliphatic carbocycles. The molecule has 1 fully saturated rings. The Balaban J connectivity index is 1.77. The molecule has 1 unspecified atom stereocenters. The molecule has 0 saturated carbocycles. The molecule has 0 radical (unpaired) electrons. The van der Waals surface area contributed by atoms with Crippen molar-refractivity contribution in [2.45, 2.75) is 44.6 Å². The first-order chi connectivity index (χ1) is 13.4. The van der Waals surface area contributed by atoms with Gasteiger partial charge in [-0.05, 0) is 35.8 Å². The van der Waals surface area contributed by atoms with E-state index in [1.807, 2.05) is 0 Å². The van der Waals surface area contributed by atoms with E-state index in [0.717, 1.165) is 28.6 Å². The maximum atomic E-state index is 12.9. The van der Waals surface area contributed by atoms with Crippen LogP contribution in [0, 0.1) is 0 Å². The lowest BCUT2D eigenvalue weighted by atomic mass is 10.0. The Kier molecular flexibility index (Phi) is 6.42. The number of hydrogen-bond donors (Lipinski definition) is 2. The fraction of sp³-hybridized carbons (Fsp3) is 0.421. The smallest absolute Gasteiger partial charge is 0.264 e. The molecule has 1 aromatic carbocycles. The van der Waals surface area contributed by atoms with Crippen LogP contribution in [0.3, 0.4) is 0 Å². The van der Waals surface area contributed by atoms with Crippen LogP contribution in [0.25, 0.3) is 0 Å². The van der Waals surface area contributed by atoms with Crippen LogP contribution in [-0.2, 0) is 14.4 Å². The average molecular weight is 497 g/mol. The van der Waals surface area contributed by atoms with E-state index in [2.05, 4.69) is 33.2 Å².